The highest BCUT2D eigenvalue weighted by Crippen LogP contribution is 2.28. The number of pyridine rings is 1. The summed E-state index contributed by atoms with van der Waals surface area (Å²) in [5.41, 5.74) is 6.27. The van der Waals surface area contributed by atoms with Gasteiger partial charge in [0.05, 0.1) is 5.52 Å². The Morgan fingerprint density at radius 1 is 0.826 bits per heavy atom. The molecule has 112 valence electrons. The Kier molecular flexibility index (Phi) is 3.23. The van der Waals surface area contributed by atoms with Gasteiger partial charge >= 0.3 is 0 Å². The summed E-state index contributed by atoms with van der Waals surface area (Å²) in [7, 11) is 0. The number of hydrogen-bond acceptors (Lipinski definition) is 1. The van der Waals surface area contributed by atoms with Crippen molar-refractivity contribution < 1.29 is 0 Å². The second-order valence-corrected chi connectivity index (χ2v) is 5.91. The van der Waals surface area contributed by atoms with E-state index < -0.39 is 0 Å². The van der Waals surface area contributed by atoms with Crippen molar-refractivity contribution >= 4 is 10.9 Å². The molecule has 0 N–H and O–H groups in total. The van der Waals surface area contributed by atoms with E-state index in [9.17, 15) is 0 Å². The molecule has 0 spiro atoms. The van der Waals surface area contributed by atoms with Crippen LogP contribution >= 0.6 is 0 Å². The van der Waals surface area contributed by atoms with Gasteiger partial charge in [0.2, 0.25) is 0 Å². The molecule has 0 amide bonds. The first-order chi connectivity index (χ1) is 11.2. The van der Waals surface area contributed by atoms with E-state index in [0.29, 0.717) is 0 Å². The Bertz CT molecular complexity index is 975. The summed E-state index contributed by atoms with van der Waals surface area (Å²) in [4.78, 5) is 4.58. The molecule has 0 saturated carbocycles. The van der Waals surface area contributed by atoms with Crippen LogP contribution in [-0.4, -0.2) is 9.55 Å². The minimum Gasteiger partial charge on any atom is -0.301 e. The molecule has 4 aromatic rings. The Hall–Kier alpha value is -2.87. The van der Waals surface area contributed by atoms with Crippen LogP contribution in [0.1, 0.15) is 11.1 Å². The van der Waals surface area contributed by atoms with E-state index >= 15 is 0 Å². The zero-order valence-electron chi connectivity index (χ0n) is 13.3. The lowest BCUT2D eigenvalue weighted by molar-refractivity contribution is 1.04. The van der Waals surface area contributed by atoms with Crippen molar-refractivity contribution in [2.75, 3.05) is 0 Å². The molecule has 2 aromatic carbocycles. The number of rotatable bonds is 2. The average molecular weight is 298 g/mol. The standard InChI is InChI=1S/C21H18N2/c1-15-6-5-7-16(2)21(15)18-10-12-22-20(14-18)23-13-11-17-8-3-4-9-19(17)23/h3-14H,1-2H3. The minimum atomic E-state index is 0.950. The first-order valence-electron chi connectivity index (χ1n) is 7.83. The third kappa shape index (κ3) is 2.33. The van der Waals surface area contributed by atoms with Crippen LogP contribution in [0.15, 0.2) is 73.1 Å². The summed E-state index contributed by atoms with van der Waals surface area (Å²) in [6.07, 6.45) is 3.98. The lowest BCUT2D eigenvalue weighted by Crippen LogP contribution is -1.97. The Morgan fingerprint density at radius 2 is 1.61 bits per heavy atom. The molecule has 0 unspecified atom stereocenters. The average Bonchev–Trinajstić information content (AvgIpc) is 2.99. The number of aromatic nitrogens is 2. The summed E-state index contributed by atoms with van der Waals surface area (Å²) in [5.74, 6) is 0.950. The maximum absolute atomic E-state index is 4.58. The molecule has 0 aliphatic rings. The number of hydrogen-bond donors (Lipinski definition) is 0. The van der Waals surface area contributed by atoms with E-state index in [1.807, 2.05) is 6.20 Å². The predicted octanol–water partition coefficient (Wildman–Crippen LogP) is 5.31. The van der Waals surface area contributed by atoms with Crippen molar-refractivity contribution in [3.05, 3.63) is 84.2 Å². The summed E-state index contributed by atoms with van der Waals surface area (Å²) in [6, 6.07) is 21.2. The van der Waals surface area contributed by atoms with Gasteiger partial charge in [-0.1, -0.05) is 36.4 Å². The van der Waals surface area contributed by atoms with Crippen molar-refractivity contribution in [1.29, 1.82) is 0 Å². The molecule has 0 aliphatic carbocycles. The fourth-order valence-electron chi connectivity index (χ4n) is 3.26. The fourth-order valence-corrected chi connectivity index (χ4v) is 3.26. The van der Waals surface area contributed by atoms with E-state index in [2.05, 4.69) is 90.3 Å². The van der Waals surface area contributed by atoms with Crippen LogP contribution in [0.3, 0.4) is 0 Å². The molecule has 2 heteroatoms. The van der Waals surface area contributed by atoms with Crippen molar-refractivity contribution in [3.8, 4) is 16.9 Å². The van der Waals surface area contributed by atoms with Crippen molar-refractivity contribution in [2.24, 2.45) is 0 Å². The van der Waals surface area contributed by atoms with Gasteiger partial charge in [-0.25, -0.2) is 4.98 Å². The van der Waals surface area contributed by atoms with Crippen molar-refractivity contribution in [3.63, 3.8) is 0 Å². The molecule has 23 heavy (non-hydrogen) atoms. The van der Waals surface area contributed by atoms with E-state index in [-0.39, 0.29) is 0 Å². The molecular weight excluding hydrogens is 280 g/mol. The highest BCUT2D eigenvalue weighted by molar-refractivity contribution is 5.82. The smallest absolute Gasteiger partial charge is 0.137 e. The Morgan fingerprint density at radius 3 is 2.43 bits per heavy atom. The van der Waals surface area contributed by atoms with Gasteiger partial charge in [0.1, 0.15) is 5.82 Å². The molecule has 2 aromatic heterocycles. The monoisotopic (exact) mass is 298 g/mol. The molecule has 4 rings (SSSR count). The van der Waals surface area contributed by atoms with E-state index in [4.69, 9.17) is 0 Å². The quantitative estimate of drug-likeness (QED) is 0.490. The zero-order valence-corrected chi connectivity index (χ0v) is 13.3. The van der Waals surface area contributed by atoms with Gasteiger partial charge in [0, 0.05) is 12.4 Å². The Balaban J connectivity index is 1.90. The molecule has 0 aliphatic heterocycles. The van der Waals surface area contributed by atoms with Gasteiger partial charge in [-0.15, -0.1) is 0 Å². The zero-order chi connectivity index (χ0) is 15.8. The van der Waals surface area contributed by atoms with Crippen LogP contribution < -0.4 is 0 Å². The summed E-state index contributed by atoms with van der Waals surface area (Å²) < 4.78 is 2.15. The van der Waals surface area contributed by atoms with Crippen LogP contribution in [0.5, 0.6) is 0 Å². The SMILES string of the molecule is Cc1cccc(C)c1-c1ccnc(-n2ccc3ccccc32)c1. The number of nitrogens with zero attached hydrogens (tertiary/aromatic N) is 2. The predicted molar refractivity (Wildman–Crippen MR) is 96.0 cm³/mol. The van der Waals surface area contributed by atoms with Gasteiger partial charge in [0.25, 0.3) is 0 Å². The van der Waals surface area contributed by atoms with E-state index in [1.54, 1.807) is 0 Å². The van der Waals surface area contributed by atoms with E-state index in [0.717, 1.165) is 5.82 Å². The molecule has 0 radical (unpaired) electrons. The number of fused-ring (bicyclic) bond motifs is 1. The van der Waals surface area contributed by atoms with Crippen LogP contribution in [0, 0.1) is 13.8 Å². The third-order valence-corrected chi connectivity index (χ3v) is 4.36. The second-order valence-electron chi connectivity index (χ2n) is 5.91. The second kappa shape index (κ2) is 5.40. The molecule has 0 fully saturated rings. The van der Waals surface area contributed by atoms with Crippen LogP contribution in [0.4, 0.5) is 0 Å². The Labute approximate surface area is 136 Å². The van der Waals surface area contributed by atoms with Gasteiger partial charge in [-0.05, 0) is 65.8 Å². The maximum Gasteiger partial charge on any atom is 0.137 e. The van der Waals surface area contributed by atoms with Gasteiger partial charge < -0.3 is 4.57 Å². The normalized spacial score (nSPS) is 11.0. The fraction of sp³-hybridized carbons (Fsp3) is 0.0952. The molecule has 0 atom stereocenters. The topological polar surface area (TPSA) is 17.8 Å². The first-order valence-corrected chi connectivity index (χ1v) is 7.83. The molecule has 0 saturated heterocycles. The van der Waals surface area contributed by atoms with Gasteiger partial charge in [-0.2, -0.15) is 0 Å². The number of benzene rings is 2. The van der Waals surface area contributed by atoms with Crippen LogP contribution in [0.25, 0.3) is 27.8 Å². The van der Waals surface area contributed by atoms with Crippen LogP contribution in [-0.2, 0) is 0 Å². The molecule has 2 heterocycles. The van der Waals surface area contributed by atoms with Gasteiger partial charge in [-0.3, -0.25) is 0 Å². The van der Waals surface area contributed by atoms with E-state index in [1.165, 1.54) is 33.2 Å². The minimum absolute atomic E-state index is 0.950. The molecule has 2 nitrogen and oxygen atoms in total. The maximum atomic E-state index is 4.58. The highest BCUT2D eigenvalue weighted by Gasteiger charge is 2.09. The number of aryl methyl sites for hydroxylation is 2. The van der Waals surface area contributed by atoms with Gasteiger partial charge in [0.15, 0.2) is 0 Å². The lowest BCUT2D eigenvalue weighted by Gasteiger charge is -2.12. The summed E-state index contributed by atoms with van der Waals surface area (Å²) >= 11 is 0. The summed E-state index contributed by atoms with van der Waals surface area (Å²) in [6.45, 7) is 4.32. The lowest BCUT2D eigenvalue weighted by atomic mass is 9.96. The highest BCUT2D eigenvalue weighted by atomic mass is 15.0. The summed E-state index contributed by atoms with van der Waals surface area (Å²) in [5, 5.41) is 1.23. The molecule has 0 bridgehead atoms. The third-order valence-electron chi connectivity index (χ3n) is 4.36. The van der Waals surface area contributed by atoms with Crippen LogP contribution in [0.2, 0.25) is 0 Å². The first kappa shape index (κ1) is 13.8. The van der Waals surface area contributed by atoms with Crippen molar-refractivity contribution in [1.82, 2.24) is 9.55 Å². The largest absolute Gasteiger partial charge is 0.301 e. The van der Waals surface area contributed by atoms with Crippen molar-refractivity contribution in [2.45, 2.75) is 13.8 Å². The number of para-hydroxylation sites is 1. The molecular formula is C21H18N2.